The van der Waals surface area contributed by atoms with Crippen LogP contribution in [0, 0.1) is 0 Å². The van der Waals surface area contributed by atoms with E-state index in [2.05, 4.69) is 0 Å². The van der Waals surface area contributed by atoms with E-state index in [0.717, 1.165) is 0 Å². The summed E-state index contributed by atoms with van der Waals surface area (Å²) in [6.45, 7) is 7.51. The second-order valence-corrected chi connectivity index (χ2v) is 4.39. The van der Waals surface area contributed by atoms with Gasteiger partial charge in [-0.3, -0.25) is 0 Å². The molecule has 1 atom stereocenters. The molecule has 1 unspecified atom stereocenters. The fourth-order valence-corrected chi connectivity index (χ4v) is 2.02. The highest BCUT2D eigenvalue weighted by molar-refractivity contribution is 6.00. The van der Waals surface area contributed by atoms with E-state index in [0.29, 0.717) is 42.6 Å². The Morgan fingerprint density at radius 1 is 0.947 bits per heavy atom. The van der Waals surface area contributed by atoms with E-state index in [-0.39, 0.29) is 6.10 Å². The van der Waals surface area contributed by atoms with Gasteiger partial charge in [0.05, 0.1) is 0 Å². The molecule has 4 nitrogen and oxygen atoms in total. The molecule has 0 saturated carbocycles. The van der Waals surface area contributed by atoms with Crippen molar-refractivity contribution < 1.29 is 19.1 Å². The van der Waals surface area contributed by atoms with Gasteiger partial charge in [-0.1, -0.05) is 27.7 Å². The number of allylic oxidation sites excluding steroid dienone is 1. The van der Waals surface area contributed by atoms with Gasteiger partial charge in [0.2, 0.25) is 0 Å². The van der Waals surface area contributed by atoms with E-state index in [4.69, 9.17) is 9.47 Å². The van der Waals surface area contributed by atoms with Crippen molar-refractivity contribution in [3.8, 4) is 0 Å². The van der Waals surface area contributed by atoms with E-state index in [1.807, 2.05) is 27.7 Å². The van der Waals surface area contributed by atoms with Gasteiger partial charge in [0.25, 0.3) is 0 Å². The van der Waals surface area contributed by atoms with E-state index in [9.17, 15) is 9.59 Å². The molecule has 0 amide bonds. The fourth-order valence-electron chi connectivity index (χ4n) is 2.02. The Balaban J connectivity index is 3.25. The second kappa shape index (κ2) is 7.12. The summed E-state index contributed by atoms with van der Waals surface area (Å²) in [5.41, 5.74) is 0.848. The minimum absolute atomic E-state index is 0.340. The summed E-state index contributed by atoms with van der Waals surface area (Å²) in [7, 11) is 0. The molecule has 0 N–H and O–H groups in total. The van der Waals surface area contributed by atoms with Crippen LogP contribution in [0.2, 0.25) is 0 Å². The molecule has 0 bridgehead atoms. The summed E-state index contributed by atoms with van der Waals surface area (Å²) in [6.07, 6.45) is 3.57. The maximum Gasteiger partial charge on any atom is 0.339 e. The van der Waals surface area contributed by atoms with Crippen molar-refractivity contribution >= 4 is 11.9 Å². The number of hydrogen-bond donors (Lipinski definition) is 0. The molecule has 0 radical (unpaired) electrons. The van der Waals surface area contributed by atoms with Crippen molar-refractivity contribution in [3.63, 3.8) is 0 Å². The molecule has 1 aliphatic heterocycles. The van der Waals surface area contributed by atoms with Crippen LogP contribution < -0.4 is 0 Å². The van der Waals surface area contributed by atoms with Crippen molar-refractivity contribution in [2.24, 2.45) is 0 Å². The molecule has 0 aromatic rings. The monoisotopic (exact) mass is 266 g/mol. The lowest BCUT2D eigenvalue weighted by molar-refractivity contribution is -0.143. The zero-order chi connectivity index (χ0) is 14.4. The van der Waals surface area contributed by atoms with Gasteiger partial charge in [0.15, 0.2) is 0 Å². The van der Waals surface area contributed by atoms with Gasteiger partial charge in [-0.05, 0) is 25.3 Å². The summed E-state index contributed by atoms with van der Waals surface area (Å²) < 4.78 is 10.8. The Hall–Kier alpha value is -1.58. The van der Waals surface area contributed by atoms with Crippen molar-refractivity contribution in [1.82, 2.24) is 0 Å². The predicted molar refractivity (Wildman–Crippen MR) is 72.2 cm³/mol. The van der Waals surface area contributed by atoms with Crippen molar-refractivity contribution in [2.75, 3.05) is 0 Å². The van der Waals surface area contributed by atoms with Gasteiger partial charge < -0.3 is 9.47 Å². The van der Waals surface area contributed by atoms with Crippen LogP contribution in [0.15, 0.2) is 23.0 Å². The first kappa shape index (κ1) is 15.5. The fraction of sp³-hybridized carbons (Fsp3) is 0.600. The highest BCUT2D eigenvalue weighted by Gasteiger charge is 2.25. The molecule has 0 aromatic heterocycles. The standard InChI is InChI=1S/C15H22O4/c1-5-10-9-11(6-2)19-15(17)13(8-4)12(7-3)14(16)18-10/h9-10H,5-8H2,1-4H3/b11-9-,13-12-. The van der Waals surface area contributed by atoms with Crippen molar-refractivity contribution in [2.45, 2.75) is 59.5 Å². The zero-order valence-electron chi connectivity index (χ0n) is 12.1. The van der Waals surface area contributed by atoms with E-state index in [1.54, 1.807) is 6.08 Å². The quantitative estimate of drug-likeness (QED) is 0.733. The number of carbonyl (C=O) groups excluding carboxylic acids is 2. The predicted octanol–water partition coefficient (Wildman–Crippen LogP) is 3.28. The molecule has 1 aliphatic rings. The van der Waals surface area contributed by atoms with E-state index in [1.165, 1.54) is 0 Å². The topological polar surface area (TPSA) is 52.6 Å². The smallest absolute Gasteiger partial charge is 0.339 e. The van der Waals surface area contributed by atoms with Gasteiger partial charge in [0.1, 0.15) is 11.9 Å². The lowest BCUT2D eigenvalue weighted by atomic mass is 10.0. The molecule has 19 heavy (non-hydrogen) atoms. The maximum absolute atomic E-state index is 12.1. The third-order valence-electron chi connectivity index (χ3n) is 3.17. The molecule has 0 aliphatic carbocycles. The van der Waals surface area contributed by atoms with Crippen LogP contribution in [0.4, 0.5) is 0 Å². The summed E-state index contributed by atoms with van der Waals surface area (Å²) in [5.74, 6) is -0.272. The highest BCUT2D eigenvalue weighted by Crippen LogP contribution is 2.22. The Bertz CT molecular complexity index is 418. The largest absolute Gasteiger partial charge is 0.455 e. The Kier molecular flexibility index (Phi) is 5.80. The molecule has 0 spiro atoms. The maximum atomic E-state index is 12.1. The van der Waals surface area contributed by atoms with Gasteiger partial charge in [-0.2, -0.15) is 0 Å². The van der Waals surface area contributed by atoms with E-state index < -0.39 is 11.9 Å². The average Bonchev–Trinajstić information content (AvgIpc) is 2.45. The normalized spacial score (nSPS) is 27.6. The SMILES string of the molecule is CC/C1=C/C(CC)OC(=O)/C(CC)=C(/CC)C(=O)O1. The van der Waals surface area contributed by atoms with Crippen LogP contribution in [-0.2, 0) is 19.1 Å². The molecule has 1 rings (SSSR count). The molecule has 0 fully saturated rings. The van der Waals surface area contributed by atoms with Gasteiger partial charge in [-0.15, -0.1) is 0 Å². The first-order valence-corrected chi connectivity index (χ1v) is 6.93. The minimum Gasteiger partial charge on any atom is -0.455 e. The lowest BCUT2D eigenvalue weighted by Crippen LogP contribution is -2.18. The van der Waals surface area contributed by atoms with Gasteiger partial charge in [-0.25, -0.2) is 9.59 Å². The number of hydrogen-bond acceptors (Lipinski definition) is 4. The Morgan fingerprint density at radius 2 is 1.53 bits per heavy atom. The summed E-state index contributed by atoms with van der Waals surface area (Å²) in [4.78, 5) is 24.2. The molecular formula is C15H22O4. The van der Waals surface area contributed by atoms with Crippen LogP contribution in [-0.4, -0.2) is 18.0 Å². The van der Waals surface area contributed by atoms with Crippen molar-refractivity contribution in [3.05, 3.63) is 23.0 Å². The van der Waals surface area contributed by atoms with Crippen molar-refractivity contribution in [1.29, 1.82) is 0 Å². The molecule has 1 heterocycles. The number of rotatable bonds is 4. The van der Waals surface area contributed by atoms with Gasteiger partial charge >= 0.3 is 11.9 Å². The summed E-state index contributed by atoms with van der Waals surface area (Å²) in [6, 6.07) is 0. The average molecular weight is 266 g/mol. The van der Waals surface area contributed by atoms with Gasteiger partial charge in [0, 0.05) is 17.6 Å². The van der Waals surface area contributed by atoms with E-state index >= 15 is 0 Å². The van der Waals surface area contributed by atoms with Crippen LogP contribution in [0.1, 0.15) is 53.4 Å². The Morgan fingerprint density at radius 3 is 2.00 bits per heavy atom. The number of cyclic esters (lactones) is 2. The molecule has 0 aromatic carbocycles. The van der Waals surface area contributed by atoms with Crippen LogP contribution in [0.3, 0.4) is 0 Å². The summed E-state index contributed by atoms with van der Waals surface area (Å²) in [5, 5.41) is 0. The van der Waals surface area contributed by atoms with Crippen LogP contribution in [0.25, 0.3) is 0 Å². The zero-order valence-corrected chi connectivity index (χ0v) is 12.1. The molecule has 0 saturated heterocycles. The number of ether oxygens (including phenoxy) is 2. The molecule has 4 heteroatoms. The lowest BCUT2D eigenvalue weighted by Gasteiger charge is -2.13. The molecular weight excluding hydrogens is 244 g/mol. The number of carbonyl (C=O) groups is 2. The third-order valence-corrected chi connectivity index (χ3v) is 3.17. The summed E-state index contributed by atoms with van der Waals surface area (Å²) >= 11 is 0. The van der Waals surface area contributed by atoms with Crippen LogP contribution in [0.5, 0.6) is 0 Å². The number of esters is 2. The third kappa shape index (κ3) is 3.69. The first-order valence-electron chi connectivity index (χ1n) is 6.93. The van der Waals surface area contributed by atoms with Crippen LogP contribution >= 0.6 is 0 Å². The molecule has 106 valence electrons. The highest BCUT2D eigenvalue weighted by atomic mass is 16.6. The Labute approximate surface area is 114 Å². The first-order chi connectivity index (χ1) is 9.07. The second-order valence-electron chi connectivity index (χ2n) is 4.39. The minimum atomic E-state index is -0.429.